The van der Waals surface area contributed by atoms with E-state index in [1.54, 1.807) is 73.0 Å². The van der Waals surface area contributed by atoms with E-state index in [0.29, 0.717) is 30.2 Å². The van der Waals surface area contributed by atoms with Crippen molar-refractivity contribution in [2.24, 2.45) is 27.1 Å². The van der Waals surface area contributed by atoms with Crippen LogP contribution in [-0.2, 0) is 30.7 Å². The first-order valence-electron chi connectivity index (χ1n) is 14.3. The van der Waals surface area contributed by atoms with E-state index in [-0.39, 0.29) is 53.9 Å². The molecule has 0 unspecified atom stereocenters. The van der Waals surface area contributed by atoms with Gasteiger partial charge in [-0.25, -0.2) is 4.98 Å². The van der Waals surface area contributed by atoms with Gasteiger partial charge in [-0.2, -0.15) is 0 Å². The molecule has 0 radical (unpaired) electrons. The van der Waals surface area contributed by atoms with E-state index in [1.165, 1.54) is 16.8 Å². The molecular formula is C30H38N10O5. The van der Waals surface area contributed by atoms with Crippen molar-refractivity contribution in [3.63, 3.8) is 0 Å². The first kappa shape index (κ1) is 32.5. The van der Waals surface area contributed by atoms with E-state index in [1.807, 2.05) is 19.0 Å². The number of amides is 5. The lowest BCUT2D eigenvalue weighted by Gasteiger charge is -2.10. The van der Waals surface area contributed by atoms with Crippen LogP contribution in [0.2, 0.25) is 0 Å². The number of aromatic nitrogens is 4. The lowest BCUT2D eigenvalue weighted by Crippen LogP contribution is -2.32. The molecule has 0 saturated carbocycles. The highest BCUT2D eigenvalue weighted by molar-refractivity contribution is 6.06. The van der Waals surface area contributed by atoms with Crippen LogP contribution in [0, 0.1) is 5.92 Å². The van der Waals surface area contributed by atoms with Gasteiger partial charge in [-0.15, -0.1) is 0 Å². The van der Waals surface area contributed by atoms with Crippen molar-refractivity contribution in [3.05, 3.63) is 72.2 Å². The zero-order valence-electron chi connectivity index (χ0n) is 25.9. The molecule has 15 heteroatoms. The van der Waals surface area contributed by atoms with Crippen molar-refractivity contribution in [2.75, 3.05) is 49.7 Å². The van der Waals surface area contributed by atoms with Crippen molar-refractivity contribution in [1.82, 2.24) is 34.2 Å². The summed E-state index contributed by atoms with van der Waals surface area (Å²) in [7, 11) is 8.81. The van der Waals surface area contributed by atoms with Crippen LogP contribution >= 0.6 is 0 Å². The monoisotopic (exact) mass is 618 g/mol. The predicted octanol–water partition coefficient (Wildman–Crippen LogP) is 1.08. The molecule has 0 aromatic carbocycles. The number of carbonyl (C=O) groups excluding carboxylic acids is 5. The van der Waals surface area contributed by atoms with Gasteiger partial charge >= 0.3 is 0 Å². The lowest BCUT2D eigenvalue weighted by molar-refractivity contribution is -0.122. The first-order valence-corrected chi connectivity index (χ1v) is 14.3. The number of nitrogens with zero attached hydrogens (tertiary/aromatic N) is 5. The van der Waals surface area contributed by atoms with Crippen molar-refractivity contribution >= 4 is 46.7 Å². The van der Waals surface area contributed by atoms with Gasteiger partial charge in [0.15, 0.2) is 5.82 Å². The fraction of sp³-hybridized carbons (Fsp3) is 0.333. The third kappa shape index (κ3) is 8.57. The number of hydrogen-bond acceptors (Lipinski definition) is 7. The average Bonchev–Trinajstić information content (AvgIpc) is 3.76. The molecule has 0 saturated heterocycles. The molecule has 238 valence electrons. The number of allylic oxidation sites excluding steroid dienone is 2. The van der Waals surface area contributed by atoms with Crippen LogP contribution in [0.3, 0.4) is 0 Å². The number of rotatable bonds is 13. The Balaban J connectivity index is 1.30. The molecule has 5 amide bonds. The molecule has 0 spiro atoms. The molecule has 0 atom stereocenters. The molecule has 15 nitrogen and oxygen atoms in total. The summed E-state index contributed by atoms with van der Waals surface area (Å²) in [5.74, 6) is -1.91. The molecule has 0 bridgehead atoms. The minimum atomic E-state index is -0.528. The van der Waals surface area contributed by atoms with Crippen molar-refractivity contribution in [2.45, 2.75) is 6.42 Å². The van der Waals surface area contributed by atoms with Gasteiger partial charge in [0.05, 0.1) is 17.3 Å². The number of imidazole rings is 1. The number of anilines is 3. The van der Waals surface area contributed by atoms with E-state index < -0.39 is 11.8 Å². The minimum Gasteiger partial charge on any atom is -0.355 e. The Morgan fingerprint density at radius 3 is 2.02 bits per heavy atom. The van der Waals surface area contributed by atoms with Gasteiger partial charge in [0.2, 0.25) is 17.6 Å². The summed E-state index contributed by atoms with van der Waals surface area (Å²) in [5.41, 5.74) is 1.46. The fourth-order valence-corrected chi connectivity index (χ4v) is 4.55. The number of aryl methyl sites for hydroxylation is 3. The second kappa shape index (κ2) is 14.4. The molecule has 0 aliphatic heterocycles. The number of nitrogens with one attached hydrogen (secondary N) is 5. The smallest absolute Gasteiger partial charge is 0.291 e. The van der Waals surface area contributed by atoms with Crippen molar-refractivity contribution in [3.8, 4) is 0 Å². The van der Waals surface area contributed by atoms with E-state index >= 15 is 0 Å². The molecule has 3 aromatic heterocycles. The summed E-state index contributed by atoms with van der Waals surface area (Å²) in [6.07, 6.45) is 11.9. The van der Waals surface area contributed by atoms with E-state index in [9.17, 15) is 24.0 Å². The van der Waals surface area contributed by atoms with Gasteiger partial charge in [0.25, 0.3) is 17.7 Å². The van der Waals surface area contributed by atoms with Gasteiger partial charge in [-0.3, -0.25) is 24.0 Å². The van der Waals surface area contributed by atoms with Crippen LogP contribution in [0.25, 0.3) is 0 Å². The second-order valence-electron chi connectivity index (χ2n) is 10.9. The SMILES string of the molecule is CN(C)CCNC(=O)c1cc(NC(=O)c2nc(NC(=O)c3cc(NC(=O)CCNC(=O)C4C=CC=C4)cn3C)cn2C)cn1C. The Bertz CT molecular complexity index is 1650. The predicted molar refractivity (Wildman–Crippen MR) is 169 cm³/mol. The Morgan fingerprint density at radius 2 is 1.38 bits per heavy atom. The standard InChI is InChI=1S/C30H38N10O5/c1-37(2)13-12-32-28(43)22-15-21(17-38(22)3)34-30(45)26-35-24(18-40(26)5)36-29(44)23-14-20(16-39(23)4)33-25(41)10-11-31-27(42)19-8-6-7-9-19/h6-9,14-19H,10-13H2,1-5H3,(H,31,42)(H,32,43)(H,33,41)(H,34,45)(H,36,44). The van der Waals surface area contributed by atoms with Crippen molar-refractivity contribution < 1.29 is 24.0 Å². The maximum atomic E-state index is 13.0. The highest BCUT2D eigenvalue weighted by Crippen LogP contribution is 2.18. The molecule has 4 rings (SSSR count). The lowest BCUT2D eigenvalue weighted by atomic mass is 10.1. The number of carbonyl (C=O) groups is 5. The highest BCUT2D eigenvalue weighted by atomic mass is 16.2. The van der Waals surface area contributed by atoms with Gasteiger partial charge in [0, 0.05) is 65.8 Å². The highest BCUT2D eigenvalue weighted by Gasteiger charge is 2.20. The average molecular weight is 619 g/mol. The normalized spacial score (nSPS) is 12.4. The van der Waals surface area contributed by atoms with E-state index in [2.05, 4.69) is 31.6 Å². The third-order valence-corrected chi connectivity index (χ3v) is 6.88. The Kier molecular flexibility index (Phi) is 10.4. The van der Waals surface area contributed by atoms with Crippen molar-refractivity contribution in [1.29, 1.82) is 0 Å². The maximum Gasteiger partial charge on any atom is 0.291 e. The molecule has 1 aliphatic rings. The summed E-state index contributed by atoms with van der Waals surface area (Å²) in [6.45, 7) is 1.35. The Hall–Kier alpha value is -5.44. The van der Waals surface area contributed by atoms with Gasteiger partial charge in [0.1, 0.15) is 11.4 Å². The van der Waals surface area contributed by atoms with Crippen LogP contribution < -0.4 is 26.6 Å². The molecule has 3 aromatic rings. The molecular weight excluding hydrogens is 580 g/mol. The summed E-state index contributed by atoms with van der Waals surface area (Å²) >= 11 is 0. The molecule has 45 heavy (non-hydrogen) atoms. The molecule has 0 fully saturated rings. The van der Waals surface area contributed by atoms with Gasteiger partial charge < -0.3 is 45.2 Å². The Morgan fingerprint density at radius 1 is 0.756 bits per heavy atom. The summed E-state index contributed by atoms with van der Waals surface area (Å²) in [5, 5.41) is 13.7. The van der Waals surface area contributed by atoms with E-state index in [0.717, 1.165) is 0 Å². The fourth-order valence-electron chi connectivity index (χ4n) is 4.55. The first-order chi connectivity index (χ1) is 21.4. The van der Waals surface area contributed by atoms with Gasteiger partial charge in [-0.05, 0) is 26.2 Å². The zero-order valence-corrected chi connectivity index (χ0v) is 25.9. The summed E-state index contributed by atoms with van der Waals surface area (Å²) in [4.78, 5) is 69.1. The van der Waals surface area contributed by atoms with Crippen LogP contribution in [-0.4, -0.2) is 86.9 Å². The quantitative estimate of drug-likeness (QED) is 0.190. The zero-order chi connectivity index (χ0) is 32.7. The largest absolute Gasteiger partial charge is 0.355 e. The molecule has 3 heterocycles. The van der Waals surface area contributed by atoms with Crippen LogP contribution in [0.5, 0.6) is 0 Å². The summed E-state index contributed by atoms with van der Waals surface area (Å²) < 4.78 is 4.63. The molecule has 5 N–H and O–H groups in total. The van der Waals surface area contributed by atoms with Crippen LogP contribution in [0.15, 0.2) is 55.0 Å². The third-order valence-electron chi connectivity index (χ3n) is 6.88. The van der Waals surface area contributed by atoms with Gasteiger partial charge in [-0.1, -0.05) is 24.3 Å². The molecule has 1 aliphatic carbocycles. The Labute approximate surface area is 260 Å². The summed E-state index contributed by atoms with van der Waals surface area (Å²) in [6, 6.07) is 3.09. The van der Waals surface area contributed by atoms with Crippen LogP contribution in [0.1, 0.15) is 38.0 Å². The maximum absolute atomic E-state index is 13.0. The van der Waals surface area contributed by atoms with E-state index in [4.69, 9.17) is 0 Å². The number of likely N-dealkylation sites (N-methyl/N-ethyl adjacent to an activating group) is 1. The minimum absolute atomic E-state index is 0.0398. The second-order valence-corrected chi connectivity index (χ2v) is 10.9. The van der Waals surface area contributed by atoms with Crippen LogP contribution in [0.4, 0.5) is 17.2 Å². The number of hydrogen-bond donors (Lipinski definition) is 5. The topological polar surface area (TPSA) is 176 Å².